The number of fused-ring (bicyclic) bond motifs is 3. The van der Waals surface area contributed by atoms with Crippen LogP contribution in [0.5, 0.6) is 5.75 Å². The number of hydrogen-bond donors (Lipinski definition) is 3. The Hall–Kier alpha value is -4.54. The lowest BCUT2D eigenvalue weighted by Gasteiger charge is -2.17. The molecule has 2 aromatic carbocycles. The van der Waals surface area contributed by atoms with Crippen LogP contribution in [-0.2, 0) is 17.7 Å². The first kappa shape index (κ1) is 29.0. The second kappa shape index (κ2) is 13.0. The molecule has 216 valence electrons. The summed E-state index contributed by atoms with van der Waals surface area (Å²) in [5.41, 5.74) is 4.79. The van der Waals surface area contributed by atoms with Gasteiger partial charge < -0.3 is 25.4 Å². The smallest absolute Gasteiger partial charge is 0.357 e. The van der Waals surface area contributed by atoms with Crippen LogP contribution < -0.4 is 20.7 Å². The molecular formula is C32H32N4O5S. The maximum atomic E-state index is 13.9. The zero-order valence-electron chi connectivity index (χ0n) is 23.7. The van der Waals surface area contributed by atoms with Crippen LogP contribution in [0.3, 0.4) is 0 Å². The van der Waals surface area contributed by atoms with Crippen LogP contribution in [0.2, 0.25) is 0 Å². The number of benzene rings is 2. The van der Waals surface area contributed by atoms with Crippen LogP contribution in [0.15, 0.2) is 60.0 Å². The molecule has 0 radical (unpaired) electrons. The molecule has 0 unspecified atom stereocenters. The third-order valence-corrected chi connectivity index (χ3v) is 7.90. The van der Waals surface area contributed by atoms with Gasteiger partial charge in [-0.3, -0.25) is 9.59 Å². The molecule has 0 atom stereocenters. The summed E-state index contributed by atoms with van der Waals surface area (Å²) >= 11 is 1.59. The first-order chi connectivity index (χ1) is 20.4. The molecule has 1 aliphatic heterocycles. The summed E-state index contributed by atoms with van der Waals surface area (Å²) in [6.07, 6.45) is 1.49. The summed E-state index contributed by atoms with van der Waals surface area (Å²) in [5, 5.41) is 10.9. The van der Waals surface area contributed by atoms with E-state index in [1.54, 1.807) is 35.6 Å². The fourth-order valence-corrected chi connectivity index (χ4v) is 5.80. The van der Waals surface area contributed by atoms with Crippen molar-refractivity contribution in [2.45, 2.75) is 26.3 Å². The van der Waals surface area contributed by atoms with Crippen molar-refractivity contribution in [1.29, 1.82) is 0 Å². The number of hydrogen-bond acceptors (Lipinski definition) is 8. The van der Waals surface area contributed by atoms with Crippen LogP contribution in [0.25, 0.3) is 21.6 Å². The highest BCUT2D eigenvalue weighted by atomic mass is 32.1. The lowest BCUT2D eigenvalue weighted by Crippen LogP contribution is -2.26. The highest BCUT2D eigenvalue weighted by Crippen LogP contribution is 2.43. The van der Waals surface area contributed by atoms with Gasteiger partial charge in [0.25, 0.3) is 11.8 Å². The lowest BCUT2D eigenvalue weighted by atomic mass is 9.93. The van der Waals surface area contributed by atoms with Crippen molar-refractivity contribution in [2.24, 2.45) is 0 Å². The zero-order chi connectivity index (χ0) is 29.6. The summed E-state index contributed by atoms with van der Waals surface area (Å²) in [6, 6.07) is 16.4. The number of carbonyl (C=O) groups is 3. The van der Waals surface area contributed by atoms with Gasteiger partial charge in [-0.1, -0.05) is 19.1 Å². The predicted molar refractivity (Wildman–Crippen MR) is 163 cm³/mol. The van der Waals surface area contributed by atoms with Crippen LogP contribution in [-0.4, -0.2) is 50.1 Å². The molecule has 9 nitrogen and oxygen atoms in total. The minimum atomic E-state index is -0.724. The second-order valence-electron chi connectivity index (χ2n) is 9.79. The maximum Gasteiger partial charge on any atom is 0.357 e. The van der Waals surface area contributed by atoms with Crippen LogP contribution >= 0.6 is 11.3 Å². The molecule has 4 aromatic rings. The minimum absolute atomic E-state index is 0.0718. The summed E-state index contributed by atoms with van der Waals surface area (Å²) in [5.74, 6) is -0.890. The Labute approximate surface area is 248 Å². The SMILES string of the molecule is CCCNC(=O)c1ccc(-c2cc3c(cc2C(=O)Nc2ccc(CNC)cc2)-c2sccc2CCO3)c(C(=O)OC)n1. The highest BCUT2D eigenvalue weighted by molar-refractivity contribution is 7.13. The molecule has 0 fully saturated rings. The van der Waals surface area contributed by atoms with Gasteiger partial charge in [-0.15, -0.1) is 11.3 Å². The van der Waals surface area contributed by atoms with E-state index >= 15 is 0 Å². The summed E-state index contributed by atoms with van der Waals surface area (Å²) in [7, 11) is 3.13. The van der Waals surface area contributed by atoms with Crippen molar-refractivity contribution in [2.75, 3.05) is 32.6 Å². The maximum absolute atomic E-state index is 13.9. The van der Waals surface area contributed by atoms with Gasteiger partial charge in [0.1, 0.15) is 11.4 Å². The number of pyridine rings is 1. The first-order valence-corrected chi connectivity index (χ1v) is 14.6. The van der Waals surface area contributed by atoms with Crippen molar-refractivity contribution in [3.63, 3.8) is 0 Å². The quantitative estimate of drug-likeness (QED) is 0.228. The van der Waals surface area contributed by atoms with Gasteiger partial charge in [0.2, 0.25) is 0 Å². The number of esters is 1. The largest absolute Gasteiger partial charge is 0.493 e. The molecule has 0 bridgehead atoms. The standard InChI is InChI=1S/C32H32N4O5S/c1-4-13-34-31(38)26-10-9-22(28(36-26)32(39)40-3)23-17-27-25(29-20(11-14-41-27)12-15-42-29)16-24(23)30(37)35-21-7-5-19(6-8-21)18-33-2/h5-10,12,15-17,33H,4,11,13-14,18H2,1-3H3,(H,34,38)(H,35,37). The Bertz CT molecular complexity index is 1630. The number of carbonyl (C=O) groups excluding carboxylic acids is 3. The fraction of sp³-hybridized carbons (Fsp3) is 0.250. The van der Waals surface area contributed by atoms with Gasteiger partial charge >= 0.3 is 5.97 Å². The molecule has 0 spiro atoms. The number of nitrogens with one attached hydrogen (secondary N) is 3. The molecule has 0 aliphatic carbocycles. The molecular weight excluding hydrogens is 552 g/mol. The predicted octanol–water partition coefficient (Wildman–Crippen LogP) is 5.31. The van der Waals surface area contributed by atoms with E-state index in [1.165, 1.54) is 7.11 Å². The van der Waals surface area contributed by atoms with Crippen LogP contribution in [0.1, 0.15) is 55.8 Å². The molecule has 42 heavy (non-hydrogen) atoms. The number of nitrogens with zero attached hydrogens (tertiary/aromatic N) is 1. The number of anilines is 1. The third-order valence-electron chi connectivity index (χ3n) is 6.91. The Morgan fingerprint density at radius 3 is 2.55 bits per heavy atom. The number of rotatable bonds is 9. The van der Waals surface area contributed by atoms with Gasteiger partial charge in [0.15, 0.2) is 5.69 Å². The Morgan fingerprint density at radius 1 is 1.00 bits per heavy atom. The normalized spacial score (nSPS) is 11.9. The second-order valence-corrected chi connectivity index (χ2v) is 10.7. The van der Waals surface area contributed by atoms with E-state index in [2.05, 4.69) is 27.0 Å². The summed E-state index contributed by atoms with van der Waals surface area (Å²) < 4.78 is 11.2. The minimum Gasteiger partial charge on any atom is -0.493 e. The average molecular weight is 585 g/mol. The molecule has 3 N–H and O–H groups in total. The third kappa shape index (κ3) is 6.05. The number of methoxy groups -OCH3 is 1. The van der Waals surface area contributed by atoms with E-state index in [0.29, 0.717) is 47.8 Å². The molecule has 10 heteroatoms. The van der Waals surface area contributed by atoms with E-state index in [0.717, 1.165) is 34.4 Å². The van der Waals surface area contributed by atoms with E-state index in [1.807, 2.05) is 43.6 Å². The topological polar surface area (TPSA) is 119 Å². The van der Waals surface area contributed by atoms with E-state index < -0.39 is 11.9 Å². The molecule has 0 saturated carbocycles. The van der Waals surface area contributed by atoms with Crippen molar-refractivity contribution < 1.29 is 23.9 Å². The molecule has 3 heterocycles. The summed E-state index contributed by atoms with van der Waals surface area (Å²) in [4.78, 5) is 45.0. The first-order valence-electron chi connectivity index (χ1n) is 13.7. The fourth-order valence-electron chi connectivity index (χ4n) is 4.82. The van der Waals surface area contributed by atoms with Crippen molar-refractivity contribution >= 4 is 34.8 Å². The molecule has 0 saturated heterocycles. The van der Waals surface area contributed by atoms with Gasteiger partial charge in [0.05, 0.1) is 13.7 Å². The Balaban J connectivity index is 1.64. The van der Waals surface area contributed by atoms with Crippen LogP contribution in [0, 0.1) is 0 Å². The van der Waals surface area contributed by atoms with Crippen molar-refractivity contribution in [1.82, 2.24) is 15.6 Å². The Kier molecular flexibility index (Phi) is 8.94. The van der Waals surface area contributed by atoms with Gasteiger partial charge in [0, 0.05) is 52.3 Å². The number of thiophene rings is 1. The van der Waals surface area contributed by atoms with E-state index in [4.69, 9.17) is 9.47 Å². The van der Waals surface area contributed by atoms with Crippen molar-refractivity contribution in [3.8, 4) is 27.3 Å². The molecule has 2 amide bonds. The van der Waals surface area contributed by atoms with Gasteiger partial charge in [-0.05, 0) is 72.4 Å². The van der Waals surface area contributed by atoms with Gasteiger partial charge in [-0.25, -0.2) is 9.78 Å². The number of amides is 2. The van der Waals surface area contributed by atoms with Gasteiger partial charge in [-0.2, -0.15) is 0 Å². The monoisotopic (exact) mass is 584 g/mol. The van der Waals surface area contributed by atoms with Crippen molar-refractivity contribution in [3.05, 3.63) is 88.1 Å². The molecule has 1 aliphatic rings. The zero-order valence-corrected chi connectivity index (χ0v) is 24.5. The lowest BCUT2D eigenvalue weighted by molar-refractivity contribution is 0.0594. The number of ether oxygens (including phenoxy) is 2. The Morgan fingerprint density at radius 2 is 1.81 bits per heavy atom. The molecule has 2 aromatic heterocycles. The number of aromatic nitrogens is 1. The molecule has 5 rings (SSSR count). The highest BCUT2D eigenvalue weighted by Gasteiger charge is 2.27. The average Bonchev–Trinajstić information content (AvgIpc) is 3.41. The van der Waals surface area contributed by atoms with E-state index in [9.17, 15) is 14.4 Å². The van der Waals surface area contributed by atoms with E-state index in [-0.39, 0.29) is 17.3 Å². The summed E-state index contributed by atoms with van der Waals surface area (Å²) in [6.45, 7) is 3.60. The van der Waals surface area contributed by atoms with Crippen LogP contribution in [0.4, 0.5) is 5.69 Å².